The Morgan fingerprint density at radius 3 is 2.80 bits per heavy atom. The van der Waals surface area contributed by atoms with E-state index in [2.05, 4.69) is 5.10 Å². The Hall–Kier alpha value is -0.500. The molecule has 54 valence electrons. The molecule has 0 atom stereocenters. The van der Waals surface area contributed by atoms with Gasteiger partial charge < -0.3 is 0 Å². The predicted octanol–water partition coefficient (Wildman–Crippen LogP) is 2.26. The van der Waals surface area contributed by atoms with Gasteiger partial charge in [0.15, 0.2) is 0 Å². The maximum absolute atomic E-state index is 5.70. The Morgan fingerprint density at radius 2 is 2.40 bits per heavy atom. The summed E-state index contributed by atoms with van der Waals surface area (Å²) in [5.74, 6) is 0. The minimum absolute atomic E-state index is 0.632. The number of hydrogen-bond acceptors (Lipinski definition) is 1. The third-order valence-corrected chi connectivity index (χ3v) is 2.21. The summed E-state index contributed by atoms with van der Waals surface area (Å²) in [5, 5.41) is 4.87. The highest BCUT2D eigenvalue weighted by molar-refractivity contribution is 6.30. The van der Waals surface area contributed by atoms with Gasteiger partial charge in [0.05, 0.1) is 17.3 Å². The van der Waals surface area contributed by atoms with Gasteiger partial charge >= 0.3 is 0 Å². The minimum atomic E-state index is 0.632. The van der Waals surface area contributed by atoms with Gasteiger partial charge in [0, 0.05) is 6.20 Å². The molecule has 0 bridgehead atoms. The maximum atomic E-state index is 5.70. The molecule has 10 heavy (non-hydrogen) atoms. The predicted molar refractivity (Wildman–Crippen MR) is 40.1 cm³/mol. The Balaban J connectivity index is 2.17. The lowest BCUT2D eigenvalue weighted by atomic mass is 9.93. The zero-order chi connectivity index (χ0) is 6.97. The first-order chi connectivity index (χ1) is 4.86. The Bertz CT molecular complexity index is 227. The van der Waals surface area contributed by atoms with Gasteiger partial charge in [-0.25, -0.2) is 0 Å². The second-order valence-corrected chi connectivity index (χ2v) is 3.16. The van der Waals surface area contributed by atoms with Crippen LogP contribution in [0.15, 0.2) is 12.4 Å². The van der Waals surface area contributed by atoms with Gasteiger partial charge in [0.1, 0.15) is 0 Å². The smallest absolute Gasteiger partial charge is 0.0785 e. The standard InChI is InChI=1S/C7H9ClN2/c8-6-4-9-10(5-6)7-2-1-3-7/h4-5,7H,1-3H2. The summed E-state index contributed by atoms with van der Waals surface area (Å²) in [6.07, 6.45) is 7.45. The molecule has 1 aliphatic rings. The van der Waals surface area contributed by atoms with Crippen molar-refractivity contribution in [2.75, 3.05) is 0 Å². The first kappa shape index (κ1) is 6.23. The summed E-state index contributed by atoms with van der Waals surface area (Å²) < 4.78 is 1.96. The molecule has 0 unspecified atom stereocenters. The zero-order valence-electron chi connectivity index (χ0n) is 5.63. The van der Waals surface area contributed by atoms with E-state index in [1.165, 1.54) is 19.3 Å². The van der Waals surface area contributed by atoms with Crippen LogP contribution < -0.4 is 0 Å². The van der Waals surface area contributed by atoms with E-state index < -0.39 is 0 Å². The van der Waals surface area contributed by atoms with Crippen molar-refractivity contribution in [3.63, 3.8) is 0 Å². The molecule has 1 saturated carbocycles. The van der Waals surface area contributed by atoms with Crippen molar-refractivity contribution in [3.8, 4) is 0 Å². The molecule has 1 fully saturated rings. The molecule has 1 aliphatic carbocycles. The molecule has 1 aromatic rings. The van der Waals surface area contributed by atoms with Crippen LogP contribution in [-0.4, -0.2) is 9.78 Å². The van der Waals surface area contributed by atoms with Crippen LogP contribution in [0.25, 0.3) is 0 Å². The average Bonchev–Trinajstić information content (AvgIpc) is 2.10. The number of rotatable bonds is 1. The lowest BCUT2D eigenvalue weighted by molar-refractivity contribution is 0.289. The summed E-state index contributed by atoms with van der Waals surface area (Å²) in [5.41, 5.74) is 0. The number of nitrogens with zero attached hydrogens (tertiary/aromatic N) is 2. The van der Waals surface area contributed by atoms with Gasteiger partial charge in [-0.3, -0.25) is 4.68 Å². The Kier molecular flexibility index (Phi) is 1.42. The minimum Gasteiger partial charge on any atom is -0.268 e. The van der Waals surface area contributed by atoms with Crippen molar-refractivity contribution in [2.45, 2.75) is 25.3 Å². The van der Waals surface area contributed by atoms with E-state index in [0.717, 1.165) is 5.02 Å². The molecule has 2 nitrogen and oxygen atoms in total. The zero-order valence-corrected chi connectivity index (χ0v) is 6.38. The van der Waals surface area contributed by atoms with Crippen LogP contribution in [0.1, 0.15) is 25.3 Å². The second-order valence-electron chi connectivity index (χ2n) is 2.72. The van der Waals surface area contributed by atoms with E-state index in [0.29, 0.717) is 6.04 Å². The monoisotopic (exact) mass is 156 g/mol. The highest BCUT2D eigenvalue weighted by atomic mass is 35.5. The molecule has 0 radical (unpaired) electrons. The molecule has 0 amide bonds. The number of aromatic nitrogens is 2. The Morgan fingerprint density at radius 1 is 1.60 bits per heavy atom. The normalized spacial score (nSPS) is 18.9. The summed E-state index contributed by atoms with van der Waals surface area (Å²) in [6.45, 7) is 0. The number of halogens is 1. The third-order valence-electron chi connectivity index (χ3n) is 2.02. The molecule has 1 aromatic heterocycles. The lowest BCUT2D eigenvalue weighted by Gasteiger charge is -2.25. The van der Waals surface area contributed by atoms with Gasteiger partial charge in [-0.05, 0) is 19.3 Å². The average molecular weight is 157 g/mol. The van der Waals surface area contributed by atoms with E-state index in [9.17, 15) is 0 Å². The van der Waals surface area contributed by atoms with Crippen molar-refractivity contribution in [2.24, 2.45) is 0 Å². The topological polar surface area (TPSA) is 17.8 Å². The van der Waals surface area contributed by atoms with Crippen LogP contribution >= 0.6 is 11.6 Å². The fourth-order valence-corrected chi connectivity index (χ4v) is 1.31. The van der Waals surface area contributed by atoms with E-state index in [4.69, 9.17) is 11.6 Å². The fourth-order valence-electron chi connectivity index (χ4n) is 1.17. The SMILES string of the molecule is Clc1cnn(C2CCC2)c1. The van der Waals surface area contributed by atoms with Gasteiger partial charge in [0.2, 0.25) is 0 Å². The van der Waals surface area contributed by atoms with Gasteiger partial charge in [-0.15, -0.1) is 0 Å². The lowest BCUT2D eigenvalue weighted by Crippen LogP contribution is -2.16. The first-order valence-corrected chi connectivity index (χ1v) is 3.94. The quantitative estimate of drug-likeness (QED) is 0.610. The molecule has 0 aromatic carbocycles. The highest BCUT2D eigenvalue weighted by Crippen LogP contribution is 2.31. The molecule has 3 heteroatoms. The van der Waals surface area contributed by atoms with Crippen molar-refractivity contribution < 1.29 is 0 Å². The van der Waals surface area contributed by atoms with Gasteiger partial charge in [-0.2, -0.15) is 5.10 Å². The first-order valence-electron chi connectivity index (χ1n) is 3.56. The molecule has 1 heterocycles. The molecule has 0 spiro atoms. The molecule has 0 N–H and O–H groups in total. The van der Waals surface area contributed by atoms with Crippen molar-refractivity contribution in [1.82, 2.24) is 9.78 Å². The maximum Gasteiger partial charge on any atom is 0.0785 e. The molecule has 2 rings (SSSR count). The molecule has 0 saturated heterocycles. The summed E-state index contributed by atoms with van der Waals surface area (Å²) >= 11 is 5.70. The summed E-state index contributed by atoms with van der Waals surface area (Å²) in [7, 11) is 0. The third kappa shape index (κ3) is 0.926. The van der Waals surface area contributed by atoms with E-state index in [1.54, 1.807) is 6.20 Å². The van der Waals surface area contributed by atoms with E-state index in [1.807, 2.05) is 10.9 Å². The van der Waals surface area contributed by atoms with Crippen LogP contribution in [0.4, 0.5) is 0 Å². The van der Waals surface area contributed by atoms with Crippen molar-refractivity contribution >= 4 is 11.6 Å². The van der Waals surface area contributed by atoms with Gasteiger partial charge in [0.25, 0.3) is 0 Å². The van der Waals surface area contributed by atoms with Crippen LogP contribution in [0.3, 0.4) is 0 Å². The van der Waals surface area contributed by atoms with E-state index >= 15 is 0 Å². The van der Waals surface area contributed by atoms with Crippen LogP contribution in [-0.2, 0) is 0 Å². The summed E-state index contributed by atoms with van der Waals surface area (Å²) in [6, 6.07) is 0.632. The van der Waals surface area contributed by atoms with Crippen LogP contribution in [0, 0.1) is 0 Å². The van der Waals surface area contributed by atoms with Crippen LogP contribution in [0.2, 0.25) is 5.02 Å². The second kappa shape index (κ2) is 2.27. The Labute approximate surface area is 64.8 Å². The highest BCUT2D eigenvalue weighted by Gasteiger charge is 2.19. The van der Waals surface area contributed by atoms with Gasteiger partial charge in [-0.1, -0.05) is 11.6 Å². The molecular formula is C7H9ClN2. The fraction of sp³-hybridized carbons (Fsp3) is 0.571. The molecular weight excluding hydrogens is 148 g/mol. The van der Waals surface area contributed by atoms with E-state index in [-0.39, 0.29) is 0 Å². The summed E-state index contributed by atoms with van der Waals surface area (Å²) in [4.78, 5) is 0. The largest absolute Gasteiger partial charge is 0.268 e. The number of hydrogen-bond donors (Lipinski definition) is 0. The molecule has 0 aliphatic heterocycles. The van der Waals surface area contributed by atoms with Crippen molar-refractivity contribution in [3.05, 3.63) is 17.4 Å². The van der Waals surface area contributed by atoms with Crippen LogP contribution in [0.5, 0.6) is 0 Å². The van der Waals surface area contributed by atoms with Crippen molar-refractivity contribution in [1.29, 1.82) is 0 Å².